The van der Waals surface area contributed by atoms with Crippen LogP contribution in [0.4, 0.5) is 10.3 Å². The van der Waals surface area contributed by atoms with Gasteiger partial charge in [0.05, 0.1) is 5.56 Å². The molecule has 5 rings (SSSR count). The number of piperazine rings is 1. The monoisotopic (exact) mass is 450 g/mol. The van der Waals surface area contributed by atoms with Crippen molar-refractivity contribution in [2.75, 3.05) is 31.9 Å². The fraction of sp³-hybridized carbons (Fsp3) is 0.292. The predicted molar refractivity (Wildman–Crippen MR) is 118 cm³/mol. The van der Waals surface area contributed by atoms with Crippen molar-refractivity contribution >= 4 is 17.7 Å². The van der Waals surface area contributed by atoms with Gasteiger partial charge in [-0.05, 0) is 42.2 Å². The lowest BCUT2D eigenvalue weighted by Crippen LogP contribution is -2.53. The van der Waals surface area contributed by atoms with E-state index in [2.05, 4.69) is 5.16 Å². The molecule has 3 aromatic rings. The van der Waals surface area contributed by atoms with Crippen LogP contribution in [0, 0.1) is 5.82 Å². The van der Waals surface area contributed by atoms with Gasteiger partial charge >= 0.3 is 0 Å². The first-order chi connectivity index (χ1) is 15.8. The zero-order chi connectivity index (χ0) is 23.2. The predicted octanol–water partition coefficient (Wildman–Crippen LogP) is 2.54. The van der Waals surface area contributed by atoms with Gasteiger partial charge < -0.3 is 25.2 Å². The van der Waals surface area contributed by atoms with Crippen LogP contribution in [0.15, 0.2) is 53.1 Å². The highest BCUT2D eigenvalue weighted by Gasteiger charge is 2.50. The van der Waals surface area contributed by atoms with Crippen molar-refractivity contribution in [1.29, 1.82) is 0 Å². The topological polar surface area (TPSA) is 113 Å². The molecule has 1 aromatic heterocycles. The average molecular weight is 450 g/mol. The Morgan fingerprint density at radius 3 is 2.27 bits per heavy atom. The van der Waals surface area contributed by atoms with Gasteiger partial charge in [0.2, 0.25) is 5.88 Å². The lowest BCUT2D eigenvalue weighted by Gasteiger charge is -2.35. The van der Waals surface area contributed by atoms with Crippen LogP contribution in [0.1, 0.15) is 23.2 Å². The van der Waals surface area contributed by atoms with Crippen molar-refractivity contribution in [1.82, 2.24) is 15.0 Å². The fourth-order valence-electron chi connectivity index (χ4n) is 4.06. The Labute approximate surface area is 189 Å². The number of rotatable bonds is 4. The lowest BCUT2D eigenvalue weighted by atomic mass is 10.00. The van der Waals surface area contributed by atoms with Gasteiger partial charge in [0, 0.05) is 37.8 Å². The van der Waals surface area contributed by atoms with E-state index in [0.717, 1.165) is 11.1 Å². The van der Waals surface area contributed by atoms with E-state index in [1.807, 2.05) is 24.3 Å². The highest BCUT2D eigenvalue weighted by Crippen LogP contribution is 2.37. The van der Waals surface area contributed by atoms with Gasteiger partial charge in [0.25, 0.3) is 11.8 Å². The van der Waals surface area contributed by atoms with E-state index in [9.17, 15) is 19.1 Å². The summed E-state index contributed by atoms with van der Waals surface area (Å²) in [4.78, 5) is 28.3. The molecule has 0 atom stereocenters. The number of amides is 2. The number of carbonyl (C=O) groups is 2. The molecule has 0 radical (unpaired) electrons. The SMILES string of the molecule is Nc1cc(-c2cccc(-c3ccc(C(=O)N4CCN(C(=O)C5(O)CC5)CC4)c(F)c3)c2)no1. The molecule has 33 heavy (non-hydrogen) atoms. The Hall–Kier alpha value is -3.72. The van der Waals surface area contributed by atoms with Gasteiger partial charge in [-0.1, -0.05) is 29.4 Å². The maximum Gasteiger partial charge on any atom is 0.256 e. The summed E-state index contributed by atoms with van der Waals surface area (Å²) in [5.41, 5.74) is 7.09. The van der Waals surface area contributed by atoms with Crippen molar-refractivity contribution in [3.63, 3.8) is 0 Å². The number of halogens is 1. The van der Waals surface area contributed by atoms with Crippen molar-refractivity contribution in [3.05, 3.63) is 59.9 Å². The van der Waals surface area contributed by atoms with E-state index >= 15 is 0 Å². The van der Waals surface area contributed by atoms with Crippen LogP contribution in [-0.2, 0) is 4.79 Å². The second kappa shape index (κ2) is 8.00. The second-order valence-electron chi connectivity index (χ2n) is 8.51. The standard InChI is InChI=1S/C24H23FN4O4/c25-19-13-16(15-2-1-3-17(12-15)20-14-21(26)33-27-20)4-5-18(19)22(30)28-8-10-29(11-9-28)23(31)24(32)6-7-24/h1-5,12-14,32H,6-11,26H2. The number of aromatic nitrogens is 1. The minimum absolute atomic E-state index is 0.0141. The Bertz CT molecular complexity index is 1230. The van der Waals surface area contributed by atoms with Crippen molar-refractivity contribution in [2.45, 2.75) is 18.4 Å². The molecule has 170 valence electrons. The first kappa shape index (κ1) is 21.1. The van der Waals surface area contributed by atoms with E-state index in [-0.39, 0.29) is 17.4 Å². The molecule has 2 aliphatic rings. The first-order valence-corrected chi connectivity index (χ1v) is 10.8. The molecule has 1 aliphatic carbocycles. The zero-order valence-electron chi connectivity index (χ0n) is 17.8. The summed E-state index contributed by atoms with van der Waals surface area (Å²) in [6.45, 7) is 1.24. The van der Waals surface area contributed by atoms with E-state index in [1.54, 1.807) is 17.0 Å². The largest absolute Gasteiger partial charge is 0.380 e. The normalized spacial score (nSPS) is 17.2. The first-order valence-electron chi connectivity index (χ1n) is 10.8. The van der Waals surface area contributed by atoms with Gasteiger partial charge in [0.15, 0.2) is 0 Å². The third-order valence-corrected chi connectivity index (χ3v) is 6.20. The summed E-state index contributed by atoms with van der Waals surface area (Å²) in [6.07, 6.45) is 0.968. The average Bonchev–Trinajstić information content (AvgIpc) is 3.44. The van der Waals surface area contributed by atoms with Crippen LogP contribution in [0.3, 0.4) is 0 Å². The summed E-state index contributed by atoms with van der Waals surface area (Å²) in [7, 11) is 0. The number of nitrogens with two attached hydrogens (primary N) is 1. The van der Waals surface area contributed by atoms with E-state index in [0.29, 0.717) is 50.3 Å². The van der Waals surface area contributed by atoms with Gasteiger partial charge in [-0.3, -0.25) is 9.59 Å². The number of benzene rings is 2. The summed E-state index contributed by atoms with van der Waals surface area (Å²) in [5, 5.41) is 13.9. The molecule has 0 unspecified atom stereocenters. The summed E-state index contributed by atoms with van der Waals surface area (Å²) in [6, 6.07) is 13.5. The molecular weight excluding hydrogens is 427 g/mol. The van der Waals surface area contributed by atoms with Gasteiger partial charge in [-0.2, -0.15) is 0 Å². The Kier molecular flexibility index (Phi) is 5.13. The Balaban J connectivity index is 1.29. The van der Waals surface area contributed by atoms with Crippen LogP contribution >= 0.6 is 0 Å². The number of aliphatic hydroxyl groups is 1. The molecule has 2 heterocycles. The molecule has 0 spiro atoms. The molecule has 2 amide bonds. The maximum atomic E-state index is 14.9. The number of nitrogen functional groups attached to an aromatic ring is 1. The quantitative estimate of drug-likeness (QED) is 0.632. The zero-order valence-corrected chi connectivity index (χ0v) is 17.8. The number of hydrogen-bond acceptors (Lipinski definition) is 6. The Morgan fingerprint density at radius 1 is 0.970 bits per heavy atom. The smallest absolute Gasteiger partial charge is 0.256 e. The molecule has 1 saturated carbocycles. The Morgan fingerprint density at radius 2 is 1.64 bits per heavy atom. The van der Waals surface area contributed by atoms with Crippen molar-refractivity contribution in [3.8, 4) is 22.4 Å². The highest BCUT2D eigenvalue weighted by atomic mass is 19.1. The molecule has 1 aliphatic heterocycles. The van der Waals surface area contributed by atoms with Crippen LogP contribution in [0.25, 0.3) is 22.4 Å². The van der Waals surface area contributed by atoms with Crippen LogP contribution in [-0.4, -0.2) is 63.7 Å². The molecule has 1 saturated heterocycles. The summed E-state index contributed by atoms with van der Waals surface area (Å²) >= 11 is 0. The molecule has 0 bridgehead atoms. The highest BCUT2D eigenvalue weighted by molar-refractivity contribution is 5.95. The number of carbonyl (C=O) groups excluding carboxylic acids is 2. The molecule has 8 nitrogen and oxygen atoms in total. The molecule has 2 fully saturated rings. The third-order valence-electron chi connectivity index (χ3n) is 6.20. The van der Waals surface area contributed by atoms with Crippen LogP contribution < -0.4 is 5.73 Å². The van der Waals surface area contributed by atoms with E-state index < -0.39 is 17.3 Å². The van der Waals surface area contributed by atoms with Gasteiger partial charge in [-0.25, -0.2) is 4.39 Å². The molecular formula is C24H23FN4O4. The number of anilines is 1. The van der Waals surface area contributed by atoms with Gasteiger partial charge in [-0.15, -0.1) is 0 Å². The third kappa shape index (κ3) is 4.07. The minimum Gasteiger partial charge on any atom is -0.380 e. The van der Waals surface area contributed by atoms with Crippen molar-refractivity contribution in [2.24, 2.45) is 0 Å². The maximum absolute atomic E-state index is 14.9. The van der Waals surface area contributed by atoms with Crippen LogP contribution in [0.5, 0.6) is 0 Å². The second-order valence-corrected chi connectivity index (χ2v) is 8.51. The number of nitrogens with zero attached hydrogens (tertiary/aromatic N) is 3. The van der Waals surface area contributed by atoms with Crippen molar-refractivity contribution < 1.29 is 23.6 Å². The van der Waals surface area contributed by atoms with Gasteiger partial charge in [0.1, 0.15) is 17.1 Å². The fourth-order valence-corrected chi connectivity index (χ4v) is 4.06. The minimum atomic E-state index is -1.22. The molecule has 3 N–H and O–H groups in total. The summed E-state index contributed by atoms with van der Waals surface area (Å²) < 4.78 is 19.9. The number of hydrogen-bond donors (Lipinski definition) is 2. The van der Waals surface area contributed by atoms with E-state index in [1.165, 1.54) is 17.0 Å². The molecule has 2 aromatic carbocycles. The van der Waals surface area contributed by atoms with Crippen LogP contribution in [0.2, 0.25) is 0 Å². The molecule has 9 heteroatoms. The lowest BCUT2D eigenvalue weighted by molar-refractivity contribution is -0.143. The van der Waals surface area contributed by atoms with E-state index in [4.69, 9.17) is 10.3 Å². The summed E-state index contributed by atoms with van der Waals surface area (Å²) in [5.74, 6) is -1.10.